The molecule has 2 aromatic carbocycles. The molecule has 7 nitrogen and oxygen atoms in total. The third-order valence-corrected chi connectivity index (χ3v) is 5.59. The second-order valence-electron chi connectivity index (χ2n) is 7.37. The molecule has 3 rings (SSSR count). The Morgan fingerprint density at radius 3 is 2.00 bits per heavy atom. The van der Waals surface area contributed by atoms with E-state index in [2.05, 4.69) is 31.2 Å². The molecule has 1 fully saturated rings. The largest absolute Gasteiger partial charge is 0.493 e. The summed E-state index contributed by atoms with van der Waals surface area (Å²) in [7, 11) is 3.04. The van der Waals surface area contributed by atoms with Crippen LogP contribution in [0.25, 0.3) is 0 Å². The van der Waals surface area contributed by atoms with E-state index in [0.29, 0.717) is 23.6 Å². The van der Waals surface area contributed by atoms with Crippen molar-refractivity contribution in [2.45, 2.75) is 20.0 Å². The number of nitro benzene ring substituents is 1. The molecule has 7 heteroatoms. The molecule has 28 heavy (non-hydrogen) atoms. The van der Waals surface area contributed by atoms with Gasteiger partial charge in [0.05, 0.1) is 30.8 Å². The van der Waals surface area contributed by atoms with Crippen LogP contribution in [0.1, 0.15) is 16.7 Å². The average Bonchev–Trinajstić information content (AvgIpc) is 2.70. The van der Waals surface area contributed by atoms with E-state index in [1.807, 2.05) is 0 Å². The van der Waals surface area contributed by atoms with E-state index in [1.54, 1.807) is 18.1 Å². The van der Waals surface area contributed by atoms with Crippen LogP contribution in [0, 0.1) is 17.0 Å². The van der Waals surface area contributed by atoms with E-state index in [9.17, 15) is 10.1 Å². The molecule has 2 aromatic rings. The Balaban J connectivity index is 1.66. The van der Waals surface area contributed by atoms with Gasteiger partial charge in [-0.15, -0.1) is 0 Å². The fourth-order valence-corrected chi connectivity index (χ4v) is 3.88. The first-order chi connectivity index (χ1) is 13.5. The summed E-state index contributed by atoms with van der Waals surface area (Å²) in [6.45, 7) is 7.92. The Kier molecular flexibility index (Phi) is 6.49. The summed E-state index contributed by atoms with van der Waals surface area (Å²) in [4.78, 5) is 14.1. The van der Waals surface area contributed by atoms with Crippen LogP contribution in [-0.4, -0.2) is 45.3 Å². The predicted octanol–water partition coefficient (Wildman–Crippen LogP) is 0.404. The Morgan fingerprint density at radius 2 is 1.46 bits per heavy atom. The summed E-state index contributed by atoms with van der Waals surface area (Å²) >= 11 is 0. The molecule has 1 aliphatic rings. The van der Waals surface area contributed by atoms with Crippen molar-refractivity contribution in [3.05, 3.63) is 63.2 Å². The highest BCUT2D eigenvalue weighted by molar-refractivity contribution is 5.54. The van der Waals surface area contributed by atoms with Crippen LogP contribution in [0.3, 0.4) is 0 Å². The molecule has 150 valence electrons. The van der Waals surface area contributed by atoms with Gasteiger partial charge in [-0.2, -0.15) is 0 Å². The minimum atomic E-state index is -0.337. The maximum atomic E-state index is 11.5. The zero-order valence-electron chi connectivity index (χ0n) is 16.8. The van der Waals surface area contributed by atoms with Crippen molar-refractivity contribution in [2.75, 3.05) is 40.4 Å². The molecule has 0 spiro atoms. The molecule has 0 bridgehead atoms. The highest BCUT2D eigenvalue weighted by atomic mass is 16.6. The van der Waals surface area contributed by atoms with Crippen LogP contribution in [0.2, 0.25) is 0 Å². The first-order valence-electron chi connectivity index (χ1n) is 9.62. The first-order valence-corrected chi connectivity index (χ1v) is 9.62. The number of quaternary nitrogens is 2. The van der Waals surface area contributed by atoms with Crippen LogP contribution < -0.4 is 19.3 Å². The Bertz CT molecular complexity index is 832. The van der Waals surface area contributed by atoms with E-state index in [1.165, 1.54) is 29.2 Å². The Labute approximate surface area is 165 Å². The summed E-state index contributed by atoms with van der Waals surface area (Å²) in [6.07, 6.45) is 0. The van der Waals surface area contributed by atoms with Crippen molar-refractivity contribution in [3.8, 4) is 11.5 Å². The van der Waals surface area contributed by atoms with E-state index in [0.717, 1.165) is 32.7 Å². The zero-order chi connectivity index (χ0) is 20.1. The third-order valence-electron chi connectivity index (χ3n) is 5.59. The van der Waals surface area contributed by atoms with Crippen LogP contribution in [0.5, 0.6) is 11.5 Å². The quantitative estimate of drug-likeness (QED) is 0.533. The SMILES string of the molecule is COc1cc(C[NH+]2CC[NH+](Cc3ccccc3C)CC2)c([N+](=O)[O-])cc1OC. The van der Waals surface area contributed by atoms with Gasteiger partial charge in [0.15, 0.2) is 11.5 Å². The van der Waals surface area contributed by atoms with Gasteiger partial charge < -0.3 is 19.3 Å². The molecule has 0 amide bonds. The summed E-state index contributed by atoms with van der Waals surface area (Å²) in [5.74, 6) is 0.923. The smallest absolute Gasteiger partial charge is 0.282 e. The van der Waals surface area contributed by atoms with Crippen LogP contribution in [-0.2, 0) is 13.1 Å². The lowest BCUT2D eigenvalue weighted by atomic mass is 10.1. The van der Waals surface area contributed by atoms with Gasteiger partial charge in [-0.05, 0) is 18.6 Å². The Morgan fingerprint density at radius 1 is 0.929 bits per heavy atom. The molecule has 0 aliphatic carbocycles. The monoisotopic (exact) mass is 387 g/mol. The minimum Gasteiger partial charge on any atom is -0.493 e. The lowest BCUT2D eigenvalue weighted by Crippen LogP contribution is -3.27. The lowest BCUT2D eigenvalue weighted by molar-refractivity contribution is -1.02. The van der Waals surface area contributed by atoms with Gasteiger partial charge in [-0.1, -0.05) is 24.3 Å². The highest BCUT2D eigenvalue weighted by Crippen LogP contribution is 2.34. The van der Waals surface area contributed by atoms with Crippen molar-refractivity contribution < 1.29 is 24.2 Å². The second-order valence-corrected chi connectivity index (χ2v) is 7.37. The van der Waals surface area contributed by atoms with Crippen molar-refractivity contribution in [1.82, 2.24) is 0 Å². The van der Waals surface area contributed by atoms with E-state index < -0.39 is 0 Å². The number of ether oxygens (including phenoxy) is 2. The molecule has 0 unspecified atom stereocenters. The normalized spacial score (nSPS) is 19.2. The van der Waals surface area contributed by atoms with Gasteiger partial charge in [0, 0.05) is 5.56 Å². The lowest BCUT2D eigenvalue weighted by Gasteiger charge is -2.30. The number of hydrogen-bond donors (Lipinski definition) is 2. The van der Waals surface area contributed by atoms with Gasteiger partial charge in [-0.3, -0.25) is 10.1 Å². The standard InChI is InChI=1S/C21H27N3O4/c1-16-6-4-5-7-17(16)14-22-8-10-23(11-9-22)15-18-12-20(27-2)21(28-3)13-19(18)24(25)26/h4-7,12-13H,8-11,14-15H2,1-3H3/p+2. The fraction of sp³-hybridized carbons (Fsp3) is 0.429. The topological polar surface area (TPSA) is 70.5 Å². The fourth-order valence-electron chi connectivity index (χ4n) is 3.88. The molecule has 1 heterocycles. The number of nitrogens with zero attached hydrogens (tertiary/aromatic N) is 1. The summed E-state index contributed by atoms with van der Waals surface area (Å²) < 4.78 is 10.5. The van der Waals surface area contributed by atoms with E-state index in [-0.39, 0.29) is 10.6 Å². The number of methoxy groups -OCH3 is 2. The maximum Gasteiger partial charge on any atom is 0.282 e. The van der Waals surface area contributed by atoms with Gasteiger partial charge in [0.1, 0.15) is 39.3 Å². The molecule has 0 atom stereocenters. The summed E-state index contributed by atoms with van der Waals surface area (Å²) in [5.41, 5.74) is 3.53. The Hall–Kier alpha value is -2.64. The first kappa shape index (κ1) is 20.1. The zero-order valence-corrected chi connectivity index (χ0v) is 16.8. The number of nitro groups is 1. The molecular formula is C21H29N3O4+2. The van der Waals surface area contributed by atoms with Crippen LogP contribution in [0.15, 0.2) is 36.4 Å². The average molecular weight is 387 g/mol. The van der Waals surface area contributed by atoms with Gasteiger partial charge in [0.25, 0.3) is 5.69 Å². The molecule has 0 aromatic heterocycles. The maximum absolute atomic E-state index is 11.5. The number of piperazine rings is 1. The predicted molar refractivity (Wildman–Crippen MR) is 106 cm³/mol. The third kappa shape index (κ3) is 4.61. The molecule has 0 saturated carbocycles. The molecule has 2 N–H and O–H groups in total. The van der Waals surface area contributed by atoms with Crippen molar-refractivity contribution in [3.63, 3.8) is 0 Å². The van der Waals surface area contributed by atoms with E-state index >= 15 is 0 Å². The van der Waals surface area contributed by atoms with Gasteiger partial charge >= 0.3 is 0 Å². The van der Waals surface area contributed by atoms with Crippen molar-refractivity contribution >= 4 is 5.69 Å². The number of nitrogens with one attached hydrogen (secondary N) is 2. The molecular weight excluding hydrogens is 358 g/mol. The second kappa shape index (κ2) is 9.03. The summed E-state index contributed by atoms with van der Waals surface area (Å²) in [6, 6.07) is 11.7. The number of hydrogen-bond acceptors (Lipinski definition) is 4. The van der Waals surface area contributed by atoms with Gasteiger partial charge in [-0.25, -0.2) is 0 Å². The number of benzene rings is 2. The van der Waals surface area contributed by atoms with Crippen molar-refractivity contribution in [2.24, 2.45) is 0 Å². The number of rotatable bonds is 7. The molecule has 0 radical (unpaired) electrons. The van der Waals surface area contributed by atoms with Gasteiger partial charge in [0.2, 0.25) is 0 Å². The van der Waals surface area contributed by atoms with Crippen LogP contribution >= 0.6 is 0 Å². The van der Waals surface area contributed by atoms with Crippen molar-refractivity contribution in [1.29, 1.82) is 0 Å². The molecule has 1 saturated heterocycles. The minimum absolute atomic E-state index is 0.0971. The summed E-state index contributed by atoms with van der Waals surface area (Å²) in [5, 5.41) is 11.5. The van der Waals surface area contributed by atoms with E-state index in [4.69, 9.17) is 9.47 Å². The van der Waals surface area contributed by atoms with Crippen LogP contribution in [0.4, 0.5) is 5.69 Å². The molecule has 1 aliphatic heterocycles. The number of aryl methyl sites for hydroxylation is 1. The highest BCUT2D eigenvalue weighted by Gasteiger charge is 2.27.